The molecule has 0 unspecified atom stereocenters. The van der Waals surface area contributed by atoms with E-state index in [4.69, 9.17) is 4.98 Å². The highest BCUT2D eigenvalue weighted by Gasteiger charge is 2.11. The van der Waals surface area contributed by atoms with Gasteiger partial charge in [0.2, 0.25) is 0 Å². The molecule has 5 rings (SSSR count). The molecule has 4 heterocycles. The average molecular weight is 441 g/mol. The third-order valence-corrected chi connectivity index (χ3v) is 5.77. The highest BCUT2D eigenvalue weighted by molar-refractivity contribution is 7.97. The van der Waals surface area contributed by atoms with Crippen LogP contribution in [0.25, 0.3) is 33.5 Å². The Hall–Kier alpha value is -3.91. The lowest BCUT2D eigenvalue weighted by Crippen LogP contribution is -2.22. The monoisotopic (exact) mass is 440 g/mol. The Bertz CT molecular complexity index is 1390. The summed E-state index contributed by atoms with van der Waals surface area (Å²) in [5, 5.41) is 2.90. The zero-order valence-electron chi connectivity index (χ0n) is 17.3. The van der Waals surface area contributed by atoms with Crippen LogP contribution in [0, 0.1) is 0 Å². The number of fused-ring (bicyclic) bond motifs is 1. The van der Waals surface area contributed by atoms with Gasteiger partial charge in [0.15, 0.2) is 5.65 Å². The molecule has 0 aliphatic carbocycles. The van der Waals surface area contributed by atoms with E-state index in [9.17, 15) is 4.79 Å². The molecular weight excluding hydrogens is 420 g/mol. The first kappa shape index (κ1) is 20.0. The molecule has 0 radical (unpaired) electrons. The van der Waals surface area contributed by atoms with E-state index in [-0.39, 0.29) is 5.91 Å². The highest BCUT2D eigenvalue weighted by atomic mass is 32.2. The first-order chi connectivity index (χ1) is 15.7. The van der Waals surface area contributed by atoms with Gasteiger partial charge < -0.3 is 10.3 Å². The Kier molecular flexibility index (Phi) is 5.43. The van der Waals surface area contributed by atoms with Gasteiger partial charge in [-0.15, -0.1) is 0 Å². The molecule has 0 atom stereocenters. The molecule has 0 spiro atoms. The number of nitrogens with one attached hydrogen (secondary N) is 2. The molecule has 0 saturated carbocycles. The Morgan fingerprint density at radius 1 is 1.03 bits per heavy atom. The predicted molar refractivity (Wildman–Crippen MR) is 127 cm³/mol. The molecule has 158 valence electrons. The lowest BCUT2D eigenvalue weighted by molar-refractivity contribution is 0.0950. The summed E-state index contributed by atoms with van der Waals surface area (Å²) in [7, 11) is 0. The summed E-state index contributed by atoms with van der Waals surface area (Å²) in [6, 6.07) is 17.9. The van der Waals surface area contributed by atoms with Gasteiger partial charge in [-0.2, -0.15) is 0 Å². The van der Waals surface area contributed by atoms with Gasteiger partial charge in [-0.1, -0.05) is 18.2 Å². The van der Waals surface area contributed by atoms with Gasteiger partial charge in [-0.25, -0.2) is 9.97 Å². The molecule has 0 aliphatic heterocycles. The Morgan fingerprint density at radius 2 is 1.88 bits per heavy atom. The van der Waals surface area contributed by atoms with Crippen LogP contribution >= 0.6 is 11.9 Å². The fourth-order valence-electron chi connectivity index (χ4n) is 3.48. The highest BCUT2D eigenvalue weighted by Crippen LogP contribution is 2.26. The number of pyridine rings is 2. The maximum absolute atomic E-state index is 12.4. The fraction of sp³-hybridized carbons (Fsp3) is 0.0833. The third-order valence-electron chi connectivity index (χ3n) is 5.12. The normalized spacial score (nSPS) is 11.0. The number of aromatic amines is 1. The summed E-state index contributed by atoms with van der Waals surface area (Å²) in [5.41, 5.74) is 6.13. The molecule has 0 bridgehead atoms. The van der Waals surface area contributed by atoms with Crippen molar-refractivity contribution in [3.63, 3.8) is 0 Å². The summed E-state index contributed by atoms with van der Waals surface area (Å²) in [6.07, 6.45) is 9.18. The quantitative estimate of drug-likeness (QED) is 0.405. The molecule has 8 heteroatoms. The lowest BCUT2D eigenvalue weighted by atomic mass is 10.0. The molecule has 2 N–H and O–H groups in total. The van der Waals surface area contributed by atoms with Gasteiger partial charge in [-0.3, -0.25) is 13.8 Å². The van der Waals surface area contributed by atoms with E-state index in [1.807, 2.05) is 52.8 Å². The minimum absolute atomic E-state index is 0.139. The van der Waals surface area contributed by atoms with Crippen LogP contribution in [-0.2, 0) is 6.54 Å². The number of imidazole rings is 1. The van der Waals surface area contributed by atoms with Crippen LogP contribution < -0.4 is 5.32 Å². The van der Waals surface area contributed by atoms with Crippen LogP contribution in [0.15, 0.2) is 79.4 Å². The number of carbonyl (C=O) groups is 1. The standard InChI is InChI=1S/C24H20N6OS/c1-32-30-12-9-19(15-30)24(31)26-14-22-27-21-6-5-20(28-23(21)29-22)18-4-2-3-17(13-18)16-7-10-25-11-8-16/h2-13,15H,14H2,1H3,(H,26,31)(H,27,28,29). The first-order valence-corrected chi connectivity index (χ1v) is 11.2. The van der Waals surface area contributed by atoms with E-state index < -0.39 is 0 Å². The van der Waals surface area contributed by atoms with Crippen molar-refractivity contribution < 1.29 is 4.79 Å². The summed E-state index contributed by atoms with van der Waals surface area (Å²) in [5.74, 6) is 0.521. The van der Waals surface area contributed by atoms with Gasteiger partial charge in [0, 0.05) is 36.6 Å². The van der Waals surface area contributed by atoms with Crippen molar-refractivity contribution >= 4 is 29.0 Å². The van der Waals surface area contributed by atoms with E-state index >= 15 is 0 Å². The third kappa shape index (κ3) is 4.13. The van der Waals surface area contributed by atoms with Gasteiger partial charge >= 0.3 is 0 Å². The van der Waals surface area contributed by atoms with E-state index in [2.05, 4.69) is 32.4 Å². The average Bonchev–Trinajstić information content (AvgIpc) is 3.49. The molecule has 5 aromatic rings. The minimum Gasteiger partial charge on any atom is -0.345 e. The number of nitrogens with zero attached hydrogens (tertiary/aromatic N) is 4. The lowest BCUT2D eigenvalue weighted by Gasteiger charge is -2.05. The van der Waals surface area contributed by atoms with Crippen molar-refractivity contribution in [2.75, 3.05) is 6.26 Å². The summed E-state index contributed by atoms with van der Waals surface area (Å²) < 4.78 is 1.88. The van der Waals surface area contributed by atoms with Crippen molar-refractivity contribution in [1.82, 2.24) is 29.2 Å². The summed E-state index contributed by atoms with van der Waals surface area (Å²) in [6.45, 7) is 0.298. The number of aromatic nitrogens is 5. The van der Waals surface area contributed by atoms with Crippen LogP contribution in [0.1, 0.15) is 16.2 Å². The fourth-order valence-corrected chi connectivity index (χ4v) is 3.88. The zero-order valence-corrected chi connectivity index (χ0v) is 18.1. The maximum Gasteiger partial charge on any atom is 0.253 e. The van der Waals surface area contributed by atoms with Crippen LogP contribution in [0.2, 0.25) is 0 Å². The van der Waals surface area contributed by atoms with E-state index in [0.717, 1.165) is 27.9 Å². The molecule has 4 aromatic heterocycles. The smallest absolute Gasteiger partial charge is 0.253 e. The first-order valence-electron chi connectivity index (χ1n) is 10.1. The molecule has 0 fully saturated rings. The number of hydrogen-bond acceptors (Lipinski definition) is 5. The number of carbonyl (C=O) groups excluding carboxylic acids is 1. The zero-order chi connectivity index (χ0) is 21.9. The minimum atomic E-state index is -0.139. The summed E-state index contributed by atoms with van der Waals surface area (Å²) >= 11 is 1.53. The summed E-state index contributed by atoms with van der Waals surface area (Å²) in [4.78, 5) is 29.0. The number of rotatable bonds is 6. The van der Waals surface area contributed by atoms with Crippen LogP contribution in [-0.4, -0.2) is 36.1 Å². The second-order valence-electron chi connectivity index (χ2n) is 7.19. The SMILES string of the molecule is CSn1ccc(C(=O)NCc2nc3nc(-c4cccc(-c5ccncc5)c4)ccc3[nH]2)c1. The van der Waals surface area contributed by atoms with E-state index in [0.29, 0.717) is 23.6 Å². The van der Waals surface area contributed by atoms with E-state index in [1.165, 1.54) is 11.9 Å². The molecule has 1 amide bonds. The predicted octanol–water partition coefficient (Wildman–Crippen LogP) is 4.54. The molecule has 1 aromatic carbocycles. The van der Waals surface area contributed by atoms with Crippen LogP contribution in [0.5, 0.6) is 0 Å². The molecular formula is C24H20N6OS. The van der Waals surface area contributed by atoms with Gasteiger partial charge in [0.05, 0.1) is 23.3 Å². The maximum atomic E-state index is 12.4. The Balaban J connectivity index is 1.35. The molecule has 7 nitrogen and oxygen atoms in total. The second-order valence-corrected chi connectivity index (χ2v) is 7.98. The molecule has 0 aliphatic rings. The van der Waals surface area contributed by atoms with Crippen molar-refractivity contribution in [3.05, 3.63) is 90.8 Å². The second kappa shape index (κ2) is 8.68. The number of H-pyrrole nitrogens is 1. The topological polar surface area (TPSA) is 88.5 Å². The van der Waals surface area contributed by atoms with Gasteiger partial charge in [-0.05, 0) is 59.5 Å². The largest absolute Gasteiger partial charge is 0.345 e. The van der Waals surface area contributed by atoms with Crippen LogP contribution in [0.4, 0.5) is 0 Å². The van der Waals surface area contributed by atoms with Gasteiger partial charge in [0.1, 0.15) is 5.82 Å². The van der Waals surface area contributed by atoms with Crippen molar-refractivity contribution in [3.8, 4) is 22.4 Å². The van der Waals surface area contributed by atoms with Crippen molar-refractivity contribution in [2.24, 2.45) is 0 Å². The van der Waals surface area contributed by atoms with Crippen LogP contribution in [0.3, 0.4) is 0 Å². The van der Waals surface area contributed by atoms with Crippen molar-refractivity contribution in [1.29, 1.82) is 0 Å². The number of benzene rings is 1. The number of amides is 1. The van der Waals surface area contributed by atoms with Crippen molar-refractivity contribution in [2.45, 2.75) is 6.54 Å². The Labute approximate surface area is 189 Å². The molecule has 0 saturated heterocycles. The van der Waals surface area contributed by atoms with E-state index in [1.54, 1.807) is 24.7 Å². The number of hydrogen-bond donors (Lipinski definition) is 2. The Morgan fingerprint density at radius 3 is 2.69 bits per heavy atom. The van der Waals surface area contributed by atoms with Gasteiger partial charge in [0.25, 0.3) is 5.91 Å². The molecule has 32 heavy (non-hydrogen) atoms.